The summed E-state index contributed by atoms with van der Waals surface area (Å²) in [7, 11) is 1.67. The molecule has 0 saturated carbocycles. The number of methoxy groups -OCH3 is 1. The molecule has 4 N–H and O–H groups in total. The highest BCUT2D eigenvalue weighted by molar-refractivity contribution is 5.95. The second-order valence-electron chi connectivity index (χ2n) is 7.80. The zero-order valence-corrected chi connectivity index (χ0v) is 17.8. The fourth-order valence-corrected chi connectivity index (χ4v) is 4.23. The van der Waals surface area contributed by atoms with Crippen LogP contribution in [0.3, 0.4) is 0 Å². The topological polar surface area (TPSA) is 89.3 Å². The molecule has 0 fully saturated rings. The van der Waals surface area contributed by atoms with E-state index in [1.165, 1.54) is 5.56 Å². The molecule has 2 aromatic carbocycles. The quantitative estimate of drug-likeness (QED) is 0.560. The number of nitrogens with one attached hydrogen (secondary N) is 2. The van der Waals surface area contributed by atoms with Crippen LogP contribution in [0.25, 0.3) is 0 Å². The largest absolute Gasteiger partial charge is 0.497 e. The first kappa shape index (κ1) is 20.9. The Morgan fingerprint density at radius 3 is 2.65 bits per heavy atom. The van der Waals surface area contributed by atoms with Crippen LogP contribution >= 0.6 is 0 Å². The first-order valence-corrected chi connectivity index (χ1v) is 10.6. The molecule has 0 bridgehead atoms. The molecule has 6 nitrogen and oxygen atoms in total. The van der Waals surface area contributed by atoms with Gasteiger partial charge >= 0.3 is 0 Å². The molecular formula is C25H28N4O2. The molecule has 3 aromatic rings. The van der Waals surface area contributed by atoms with Gasteiger partial charge in [0.2, 0.25) is 0 Å². The number of benzene rings is 2. The number of nitrogens with two attached hydrogens (primary N) is 1. The van der Waals surface area contributed by atoms with Gasteiger partial charge in [0.05, 0.1) is 25.4 Å². The van der Waals surface area contributed by atoms with E-state index >= 15 is 0 Å². The Morgan fingerprint density at radius 1 is 1.16 bits per heavy atom. The third-order valence-electron chi connectivity index (χ3n) is 5.98. The number of rotatable bonds is 6. The summed E-state index contributed by atoms with van der Waals surface area (Å²) in [6.45, 7) is 2.54. The minimum Gasteiger partial charge on any atom is -0.497 e. The summed E-state index contributed by atoms with van der Waals surface area (Å²) in [5, 5.41) is 6.58. The van der Waals surface area contributed by atoms with E-state index in [0.717, 1.165) is 29.1 Å². The van der Waals surface area contributed by atoms with Gasteiger partial charge in [0.15, 0.2) is 0 Å². The molecule has 1 aliphatic rings. The Morgan fingerprint density at radius 2 is 1.97 bits per heavy atom. The van der Waals surface area contributed by atoms with E-state index in [1.54, 1.807) is 13.3 Å². The fraction of sp³-hybridized carbons (Fsp3) is 0.280. The highest BCUT2D eigenvalue weighted by Gasteiger charge is 2.34. The molecule has 0 saturated heterocycles. The Bertz CT molecular complexity index is 1040. The lowest BCUT2D eigenvalue weighted by Gasteiger charge is -2.39. The first-order valence-electron chi connectivity index (χ1n) is 10.6. The summed E-state index contributed by atoms with van der Waals surface area (Å²) in [4.78, 5) is 16.9. The summed E-state index contributed by atoms with van der Waals surface area (Å²) >= 11 is 0. The van der Waals surface area contributed by atoms with Gasteiger partial charge in [0.25, 0.3) is 5.91 Å². The maximum atomic E-state index is 12.7. The predicted octanol–water partition coefficient (Wildman–Crippen LogP) is 4.21. The van der Waals surface area contributed by atoms with Gasteiger partial charge in [-0.15, -0.1) is 0 Å². The molecule has 6 heteroatoms. The number of carbonyl (C=O) groups is 1. The molecule has 0 aliphatic carbocycles. The molecule has 1 aromatic heterocycles. The Kier molecular flexibility index (Phi) is 6.18. The second kappa shape index (κ2) is 9.18. The van der Waals surface area contributed by atoms with Gasteiger partial charge in [-0.1, -0.05) is 25.1 Å². The van der Waals surface area contributed by atoms with Crippen molar-refractivity contribution >= 4 is 11.6 Å². The van der Waals surface area contributed by atoms with Crippen molar-refractivity contribution in [3.63, 3.8) is 0 Å². The fourth-order valence-electron chi connectivity index (χ4n) is 4.23. The Hall–Kier alpha value is -3.38. The van der Waals surface area contributed by atoms with E-state index < -0.39 is 0 Å². The van der Waals surface area contributed by atoms with Gasteiger partial charge in [-0.25, -0.2) is 0 Å². The van der Waals surface area contributed by atoms with Gasteiger partial charge in [-0.2, -0.15) is 0 Å². The average molecular weight is 417 g/mol. The van der Waals surface area contributed by atoms with Gasteiger partial charge in [-0.3, -0.25) is 9.78 Å². The lowest BCUT2D eigenvalue weighted by atomic mass is 9.78. The molecule has 0 radical (unpaired) electrons. The smallest absolute Gasteiger partial charge is 0.251 e. The number of pyridine rings is 1. The third kappa shape index (κ3) is 4.39. The number of aromatic nitrogens is 1. The lowest BCUT2D eigenvalue weighted by Crippen LogP contribution is -2.36. The van der Waals surface area contributed by atoms with E-state index in [0.29, 0.717) is 12.1 Å². The van der Waals surface area contributed by atoms with Crippen molar-refractivity contribution in [2.45, 2.75) is 32.0 Å². The van der Waals surface area contributed by atoms with Gasteiger partial charge < -0.3 is 21.1 Å². The van der Waals surface area contributed by atoms with Crippen molar-refractivity contribution in [3.8, 4) is 5.75 Å². The van der Waals surface area contributed by atoms with Crippen molar-refractivity contribution in [2.24, 2.45) is 11.7 Å². The van der Waals surface area contributed by atoms with Crippen molar-refractivity contribution in [2.75, 3.05) is 12.4 Å². The van der Waals surface area contributed by atoms with Crippen LogP contribution in [0.15, 0.2) is 66.9 Å². The number of carbonyl (C=O) groups excluding carboxylic acids is 1. The van der Waals surface area contributed by atoms with Crippen LogP contribution in [0.5, 0.6) is 5.75 Å². The van der Waals surface area contributed by atoms with E-state index in [2.05, 4.69) is 34.7 Å². The van der Waals surface area contributed by atoms with Crippen LogP contribution in [0.4, 0.5) is 5.69 Å². The van der Waals surface area contributed by atoms with Gasteiger partial charge in [0.1, 0.15) is 5.75 Å². The lowest BCUT2D eigenvalue weighted by molar-refractivity contribution is 0.0950. The number of hydrogen-bond donors (Lipinski definition) is 3. The van der Waals surface area contributed by atoms with E-state index in [4.69, 9.17) is 10.5 Å². The number of fused-ring (bicyclic) bond motifs is 1. The third-order valence-corrected chi connectivity index (χ3v) is 5.98. The van der Waals surface area contributed by atoms with E-state index in [-0.39, 0.29) is 23.9 Å². The standard InChI is InChI=1S/C25H28N4O2/c1-3-20-23(26)21-14-17(25(30)28-15-18-6-4-5-13-27-18)9-12-22(21)29-24(20)16-7-10-19(31-2)11-8-16/h4-14,20,23-24,29H,3,15,26H2,1-2H3,(H,28,30)/t20-,23+,24?/m1/s1. The van der Waals surface area contributed by atoms with Crippen molar-refractivity contribution in [3.05, 3.63) is 89.2 Å². The molecule has 1 aliphatic heterocycles. The summed E-state index contributed by atoms with van der Waals surface area (Å²) < 4.78 is 5.28. The molecule has 160 valence electrons. The number of anilines is 1. The van der Waals surface area contributed by atoms with Crippen LogP contribution in [0, 0.1) is 5.92 Å². The maximum absolute atomic E-state index is 12.7. The van der Waals surface area contributed by atoms with Crippen LogP contribution in [-0.4, -0.2) is 18.0 Å². The second-order valence-corrected chi connectivity index (χ2v) is 7.80. The van der Waals surface area contributed by atoms with Crippen molar-refractivity contribution in [1.29, 1.82) is 0 Å². The zero-order chi connectivity index (χ0) is 21.8. The van der Waals surface area contributed by atoms with E-state index in [9.17, 15) is 4.79 Å². The molecule has 1 amide bonds. The number of hydrogen-bond acceptors (Lipinski definition) is 5. The summed E-state index contributed by atoms with van der Waals surface area (Å²) in [6, 6.07) is 19.4. The van der Waals surface area contributed by atoms with Crippen LogP contribution in [0.1, 0.15) is 52.6 Å². The maximum Gasteiger partial charge on any atom is 0.251 e. The minimum atomic E-state index is -0.170. The van der Waals surface area contributed by atoms with Crippen LogP contribution in [-0.2, 0) is 6.54 Å². The molecule has 1 unspecified atom stereocenters. The highest BCUT2D eigenvalue weighted by Crippen LogP contribution is 2.44. The van der Waals surface area contributed by atoms with E-state index in [1.807, 2.05) is 48.5 Å². The Labute approximate surface area is 182 Å². The predicted molar refractivity (Wildman–Crippen MR) is 122 cm³/mol. The first-order chi connectivity index (χ1) is 15.1. The molecule has 4 rings (SSSR count). The zero-order valence-electron chi connectivity index (χ0n) is 17.8. The van der Waals surface area contributed by atoms with Crippen LogP contribution in [0.2, 0.25) is 0 Å². The summed E-state index contributed by atoms with van der Waals surface area (Å²) in [6.07, 6.45) is 2.63. The highest BCUT2D eigenvalue weighted by atomic mass is 16.5. The van der Waals surface area contributed by atoms with Gasteiger partial charge in [-0.05, 0) is 60.0 Å². The molecular weight excluding hydrogens is 388 g/mol. The number of amides is 1. The number of nitrogens with zero attached hydrogens (tertiary/aromatic N) is 1. The SMILES string of the molecule is CC[C@H]1C(c2ccc(OC)cc2)Nc2ccc(C(=O)NCc3ccccn3)cc2[C@H]1N. The van der Waals surface area contributed by atoms with Crippen molar-refractivity contribution in [1.82, 2.24) is 10.3 Å². The monoisotopic (exact) mass is 416 g/mol. The number of ether oxygens (including phenoxy) is 1. The Balaban J connectivity index is 1.55. The molecule has 2 heterocycles. The molecule has 3 atom stereocenters. The van der Waals surface area contributed by atoms with Crippen LogP contribution < -0.4 is 21.1 Å². The average Bonchev–Trinajstić information content (AvgIpc) is 2.83. The summed E-state index contributed by atoms with van der Waals surface area (Å²) in [5.74, 6) is 0.900. The molecule has 31 heavy (non-hydrogen) atoms. The van der Waals surface area contributed by atoms with Gasteiger partial charge in [0, 0.05) is 29.4 Å². The summed E-state index contributed by atoms with van der Waals surface area (Å²) in [5.41, 5.74) is 11.3. The molecule has 0 spiro atoms. The minimum absolute atomic E-state index is 0.0993. The normalized spacial score (nSPS) is 19.8. The van der Waals surface area contributed by atoms with Crippen molar-refractivity contribution < 1.29 is 9.53 Å².